The molecule has 2 aromatic carbocycles. The Morgan fingerprint density at radius 1 is 1.00 bits per heavy atom. The molecule has 29 heavy (non-hydrogen) atoms. The van der Waals surface area contributed by atoms with Gasteiger partial charge in [0.05, 0.1) is 5.92 Å². The second-order valence-corrected chi connectivity index (χ2v) is 7.70. The van der Waals surface area contributed by atoms with Gasteiger partial charge in [-0.2, -0.15) is 0 Å². The summed E-state index contributed by atoms with van der Waals surface area (Å²) < 4.78 is 18.9. The average Bonchev–Trinajstić information content (AvgIpc) is 3.08. The maximum atomic E-state index is 13.4. The van der Waals surface area contributed by atoms with E-state index in [1.54, 1.807) is 17.0 Å². The maximum Gasteiger partial charge on any atom is 0.321 e. The normalized spacial score (nSPS) is 20.4. The van der Waals surface area contributed by atoms with E-state index in [1.165, 1.54) is 12.1 Å². The van der Waals surface area contributed by atoms with E-state index >= 15 is 0 Å². The van der Waals surface area contributed by atoms with Crippen molar-refractivity contribution in [3.05, 3.63) is 60.4 Å². The van der Waals surface area contributed by atoms with Crippen molar-refractivity contribution < 1.29 is 18.7 Å². The SMILES string of the molecule is O=C(Nc1ccccc1)C1CN(C(=O)Nc2cccc(F)c2)CC12CCOCC2. The quantitative estimate of drug-likeness (QED) is 0.829. The van der Waals surface area contributed by atoms with Gasteiger partial charge in [-0.15, -0.1) is 0 Å². The monoisotopic (exact) mass is 397 g/mol. The highest BCUT2D eigenvalue weighted by molar-refractivity contribution is 5.95. The van der Waals surface area contributed by atoms with Gasteiger partial charge in [-0.05, 0) is 43.2 Å². The largest absolute Gasteiger partial charge is 0.381 e. The number of carbonyl (C=O) groups excluding carboxylic acids is 2. The van der Waals surface area contributed by atoms with Crippen LogP contribution in [-0.2, 0) is 9.53 Å². The van der Waals surface area contributed by atoms with Crippen LogP contribution in [0.4, 0.5) is 20.6 Å². The minimum absolute atomic E-state index is 0.0841. The number of nitrogens with zero attached hydrogens (tertiary/aromatic N) is 1. The molecule has 2 N–H and O–H groups in total. The summed E-state index contributed by atoms with van der Waals surface area (Å²) in [6.45, 7) is 1.95. The lowest BCUT2D eigenvalue weighted by Crippen LogP contribution is -2.42. The van der Waals surface area contributed by atoms with Crippen LogP contribution in [0.3, 0.4) is 0 Å². The van der Waals surface area contributed by atoms with Crippen molar-refractivity contribution in [2.45, 2.75) is 12.8 Å². The van der Waals surface area contributed by atoms with Gasteiger partial charge < -0.3 is 20.3 Å². The number of nitrogens with one attached hydrogen (secondary N) is 2. The Bertz CT molecular complexity index is 884. The molecule has 2 saturated heterocycles. The van der Waals surface area contributed by atoms with Gasteiger partial charge in [0.1, 0.15) is 5.82 Å². The fourth-order valence-electron chi connectivity index (χ4n) is 4.29. The summed E-state index contributed by atoms with van der Waals surface area (Å²) in [6, 6.07) is 14.8. The number of likely N-dealkylation sites (tertiary alicyclic amines) is 1. The number of anilines is 2. The van der Waals surface area contributed by atoms with Crippen LogP contribution < -0.4 is 10.6 Å². The number of ether oxygens (including phenoxy) is 1. The van der Waals surface area contributed by atoms with Crippen LogP contribution in [0.25, 0.3) is 0 Å². The Labute approximate surface area is 169 Å². The van der Waals surface area contributed by atoms with E-state index in [0.29, 0.717) is 32.0 Å². The summed E-state index contributed by atoms with van der Waals surface area (Å²) in [4.78, 5) is 27.6. The summed E-state index contributed by atoms with van der Waals surface area (Å²) >= 11 is 0. The molecule has 7 heteroatoms. The van der Waals surface area contributed by atoms with Crippen molar-refractivity contribution in [3.63, 3.8) is 0 Å². The summed E-state index contributed by atoms with van der Waals surface area (Å²) in [6.07, 6.45) is 1.45. The van der Waals surface area contributed by atoms with Crippen molar-refractivity contribution in [1.82, 2.24) is 4.90 Å². The number of carbonyl (C=O) groups is 2. The molecule has 0 bridgehead atoms. The lowest BCUT2D eigenvalue weighted by Gasteiger charge is -2.37. The van der Waals surface area contributed by atoms with E-state index in [4.69, 9.17) is 4.74 Å². The molecule has 2 aliphatic heterocycles. The maximum absolute atomic E-state index is 13.4. The minimum Gasteiger partial charge on any atom is -0.381 e. The zero-order chi connectivity index (χ0) is 20.3. The molecule has 2 aliphatic rings. The van der Waals surface area contributed by atoms with Gasteiger partial charge in [-0.3, -0.25) is 4.79 Å². The first-order valence-corrected chi connectivity index (χ1v) is 9.81. The smallest absolute Gasteiger partial charge is 0.321 e. The number of halogens is 1. The molecule has 0 saturated carbocycles. The Hall–Kier alpha value is -2.93. The van der Waals surface area contributed by atoms with E-state index in [0.717, 1.165) is 18.5 Å². The second-order valence-electron chi connectivity index (χ2n) is 7.70. The van der Waals surface area contributed by atoms with Crippen LogP contribution in [0.2, 0.25) is 0 Å². The Balaban J connectivity index is 1.51. The van der Waals surface area contributed by atoms with Gasteiger partial charge in [0.25, 0.3) is 0 Å². The van der Waals surface area contributed by atoms with E-state index < -0.39 is 5.82 Å². The molecule has 0 radical (unpaired) electrons. The van der Waals surface area contributed by atoms with Crippen LogP contribution in [0, 0.1) is 17.2 Å². The fourth-order valence-corrected chi connectivity index (χ4v) is 4.29. The van der Waals surface area contributed by atoms with Gasteiger partial charge in [-0.1, -0.05) is 24.3 Å². The lowest BCUT2D eigenvalue weighted by atomic mass is 9.71. The first kappa shape index (κ1) is 19.4. The van der Waals surface area contributed by atoms with E-state index in [2.05, 4.69) is 10.6 Å². The molecule has 1 unspecified atom stereocenters. The van der Waals surface area contributed by atoms with Gasteiger partial charge >= 0.3 is 6.03 Å². The van der Waals surface area contributed by atoms with E-state index in [1.807, 2.05) is 30.3 Å². The van der Waals surface area contributed by atoms with Crippen LogP contribution in [0.1, 0.15) is 12.8 Å². The molecule has 2 aromatic rings. The van der Waals surface area contributed by atoms with Gasteiger partial charge in [0, 0.05) is 43.1 Å². The van der Waals surface area contributed by atoms with Crippen LogP contribution in [0.15, 0.2) is 54.6 Å². The van der Waals surface area contributed by atoms with Crippen molar-refractivity contribution in [2.24, 2.45) is 11.3 Å². The molecular formula is C22H24FN3O3. The number of amides is 3. The summed E-state index contributed by atoms with van der Waals surface area (Å²) in [7, 11) is 0. The molecule has 2 fully saturated rings. The average molecular weight is 397 g/mol. The molecule has 1 atom stereocenters. The van der Waals surface area contributed by atoms with Crippen molar-refractivity contribution in [2.75, 3.05) is 36.9 Å². The van der Waals surface area contributed by atoms with Crippen molar-refractivity contribution in [1.29, 1.82) is 0 Å². The van der Waals surface area contributed by atoms with Crippen LogP contribution in [-0.4, -0.2) is 43.1 Å². The lowest BCUT2D eigenvalue weighted by molar-refractivity contribution is -0.124. The van der Waals surface area contributed by atoms with Crippen LogP contribution >= 0.6 is 0 Å². The molecular weight excluding hydrogens is 373 g/mol. The highest BCUT2D eigenvalue weighted by Gasteiger charge is 2.51. The third-order valence-corrected chi connectivity index (χ3v) is 5.86. The van der Waals surface area contributed by atoms with E-state index in [-0.39, 0.29) is 23.3 Å². The molecule has 0 aromatic heterocycles. The molecule has 0 aliphatic carbocycles. The Kier molecular flexibility index (Phi) is 5.49. The molecule has 6 nitrogen and oxygen atoms in total. The summed E-state index contributed by atoms with van der Waals surface area (Å²) in [5.74, 6) is -0.825. The second kappa shape index (κ2) is 8.21. The molecule has 1 spiro atoms. The van der Waals surface area contributed by atoms with Gasteiger partial charge in [-0.25, -0.2) is 9.18 Å². The number of hydrogen-bond acceptors (Lipinski definition) is 3. The third kappa shape index (κ3) is 4.24. The van der Waals surface area contributed by atoms with Gasteiger partial charge in [0.15, 0.2) is 0 Å². The first-order chi connectivity index (χ1) is 14.1. The molecule has 4 rings (SSSR count). The topological polar surface area (TPSA) is 70.7 Å². The third-order valence-electron chi connectivity index (χ3n) is 5.86. The van der Waals surface area contributed by atoms with Crippen molar-refractivity contribution >= 4 is 23.3 Å². The highest BCUT2D eigenvalue weighted by Crippen LogP contribution is 2.45. The number of para-hydroxylation sites is 1. The first-order valence-electron chi connectivity index (χ1n) is 9.81. The zero-order valence-electron chi connectivity index (χ0n) is 16.1. The predicted octanol–water partition coefficient (Wildman–Crippen LogP) is 3.72. The van der Waals surface area contributed by atoms with Crippen LogP contribution in [0.5, 0.6) is 0 Å². The Morgan fingerprint density at radius 3 is 2.45 bits per heavy atom. The van der Waals surface area contributed by atoms with Crippen molar-refractivity contribution in [3.8, 4) is 0 Å². The molecule has 2 heterocycles. The molecule has 3 amide bonds. The predicted molar refractivity (Wildman–Crippen MR) is 108 cm³/mol. The van der Waals surface area contributed by atoms with Gasteiger partial charge in [0.2, 0.25) is 5.91 Å². The number of hydrogen-bond donors (Lipinski definition) is 2. The zero-order valence-corrected chi connectivity index (χ0v) is 16.1. The molecule has 152 valence electrons. The fraction of sp³-hybridized carbons (Fsp3) is 0.364. The van der Waals surface area contributed by atoms with E-state index in [9.17, 15) is 14.0 Å². The number of rotatable bonds is 3. The number of urea groups is 1. The Morgan fingerprint density at radius 2 is 1.72 bits per heavy atom. The highest BCUT2D eigenvalue weighted by atomic mass is 19.1. The standard InChI is InChI=1S/C22H24FN3O3/c23-16-5-4-8-18(13-16)25-21(28)26-14-19(22(15-26)9-11-29-12-10-22)20(27)24-17-6-2-1-3-7-17/h1-8,13,19H,9-12,14-15H2,(H,24,27)(H,25,28). The summed E-state index contributed by atoms with van der Waals surface area (Å²) in [5.41, 5.74) is 0.826. The minimum atomic E-state index is -0.412. The number of benzene rings is 2. The summed E-state index contributed by atoms with van der Waals surface area (Å²) in [5, 5.41) is 5.72.